The van der Waals surface area contributed by atoms with Crippen LogP contribution in [0.1, 0.15) is 13.3 Å². The molecule has 0 bridgehead atoms. The van der Waals surface area contributed by atoms with Gasteiger partial charge in [0.1, 0.15) is 12.1 Å². The van der Waals surface area contributed by atoms with Gasteiger partial charge in [0.05, 0.1) is 12.2 Å². The summed E-state index contributed by atoms with van der Waals surface area (Å²) in [7, 11) is 0. The van der Waals surface area contributed by atoms with Crippen LogP contribution in [-0.4, -0.2) is 26.9 Å². The SMILES string of the molecule is CCC(C=O)Nc1ccn2ncc(-c3ccc(Cl)cc3)c2n1. The lowest BCUT2D eigenvalue weighted by molar-refractivity contribution is -0.108. The molecular formula is C16H15ClN4O. The van der Waals surface area contributed by atoms with Crippen molar-refractivity contribution in [1.82, 2.24) is 14.6 Å². The molecule has 0 amide bonds. The highest BCUT2D eigenvalue weighted by atomic mass is 35.5. The van der Waals surface area contributed by atoms with E-state index < -0.39 is 0 Å². The quantitative estimate of drug-likeness (QED) is 0.733. The molecule has 22 heavy (non-hydrogen) atoms. The second-order valence-corrected chi connectivity index (χ2v) is 5.38. The lowest BCUT2D eigenvalue weighted by Crippen LogP contribution is -2.20. The van der Waals surface area contributed by atoms with Crippen LogP contribution >= 0.6 is 11.6 Å². The van der Waals surface area contributed by atoms with E-state index in [4.69, 9.17) is 11.6 Å². The lowest BCUT2D eigenvalue weighted by atomic mass is 10.1. The zero-order valence-corrected chi connectivity index (χ0v) is 12.8. The summed E-state index contributed by atoms with van der Waals surface area (Å²) in [6, 6.07) is 9.10. The van der Waals surface area contributed by atoms with Crippen molar-refractivity contribution in [1.29, 1.82) is 0 Å². The molecule has 112 valence electrons. The maximum atomic E-state index is 11.0. The van der Waals surface area contributed by atoms with Gasteiger partial charge in [0.2, 0.25) is 0 Å². The van der Waals surface area contributed by atoms with Crippen molar-refractivity contribution < 1.29 is 4.79 Å². The third-order valence-corrected chi connectivity index (χ3v) is 3.71. The minimum absolute atomic E-state index is 0.239. The summed E-state index contributed by atoms with van der Waals surface area (Å²) in [5.41, 5.74) is 2.64. The van der Waals surface area contributed by atoms with E-state index in [9.17, 15) is 4.79 Å². The fraction of sp³-hybridized carbons (Fsp3) is 0.188. The molecule has 1 atom stereocenters. The van der Waals surface area contributed by atoms with Gasteiger partial charge in [-0.1, -0.05) is 30.7 Å². The third kappa shape index (κ3) is 2.80. The fourth-order valence-electron chi connectivity index (χ4n) is 2.20. The van der Waals surface area contributed by atoms with E-state index in [1.54, 1.807) is 16.8 Å². The number of rotatable bonds is 5. The predicted octanol–water partition coefficient (Wildman–Crippen LogP) is 3.44. The van der Waals surface area contributed by atoms with Crippen molar-refractivity contribution >= 4 is 29.4 Å². The van der Waals surface area contributed by atoms with Gasteiger partial charge in [0.15, 0.2) is 5.65 Å². The molecule has 3 aromatic rings. The van der Waals surface area contributed by atoms with Crippen LogP contribution in [0, 0.1) is 0 Å². The molecule has 5 nitrogen and oxygen atoms in total. The topological polar surface area (TPSA) is 59.3 Å². The first kappa shape index (κ1) is 14.5. The monoisotopic (exact) mass is 314 g/mol. The van der Waals surface area contributed by atoms with Crippen molar-refractivity contribution in [2.75, 3.05) is 5.32 Å². The molecule has 0 radical (unpaired) electrons. The van der Waals surface area contributed by atoms with Gasteiger partial charge in [-0.3, -0.25) is 0 Å². The van der Waals surface area contributed by atoms with Gasteiger partial charge in [-0.15, -0.1) is 0 Å². The third-order valence-electron chi connectivity index (χ3n) is 3.46. The van der Waals surface area contributed by atoms with E-state index in [1.807, 2.05) is 37.4 Å². The lowest BCUT2D eigenvalue weighted by Gasteiger charge is -2.11. The molecule has 0 saturated carbocycles. The molecular weight excluding hydrogens is 300 g/mol. The molecule has 0 saturated heterocycles. The summed E-state index contributed by atoms with van der Waals surface area (Å²) in [5, 5.41) is 8.10. The van der Waals surface area contributed by atoms with Crippen molar-refractivity contribution in [3.63, 3.8) is 0 Å². The summed E-state index contributed by atoms with van der Waals surface area (Å²) in [6.07, 6.45) is 5.19. The highest BCUT2D eigenvalue weighted by Gasteiger charge is 2.10. The molecule has 2 heterocycles. The molecule has 3 rings (SSSR count). The number of benzene rings is 1. The van der Waals surface area contributed by atoms with Crippen molar-refractivity contribution in [2.24, 2.45) is 0 Å². The van der Waals surface area contributed by atoms with E-state index in [0.717, 1.165) is 23.1 Å². The van der Waals surface area contributed by atoms with Crippen LogP contribution in [-0.2, 0) is 4.79 Å². The average Bonchev–Trinajstić information content (AvgIpc) is 2.96. The van der Waals surface area contributed by atoms with Crippen LogP contribution in [0.4, 0.5) is 5.82 Å². The first-order valence-corrected chi connectivity index (χ1v) is 7.41. The molecule has 6 heteroatoms. The number of aldehydes is 1. The normalized spacial score (nSPS) is 12.3. The molecule has 1 N–H and O–H groups in total. The van der Waals surface area contributed by atoms with Crippen molar-refractivity contribution in [2.45, 2.75) is 19.4 Å². The molecule has 1 unspecified atom stereocenters. The summed E-state index contributed by atoms with van der Waals surface area (Å²) in [4.78, 5) is 15.5. The number of anilines is 1. The van der Waals surface area contributed by atoms with Gasteiger partial charge >= 0.3 is 0 Å². The van der Waals surface area contributed by atoms with E-state index >= 15 is 0 Å². The Balaban J connectivity index is 2.01. The number of nitrogens with one attached hydrogen (secondary N) is 1. The number of carbonyl (C=O) groups is 1. The van der Waals surface area contributed by atoms with Crippen LogP contribution in [0.3, 0.4) is 0 Å². The summed E-state index contributed by atoms with van der Waals surface area (Å²) in [6.45, 7) is 1.95. The van der Waals surface area contributed by atoms with Crippen LogP contribution < -0.4 is 5.32 Å². The number of halogens is 1. The fourth-order valence-corrected chi connectivity index (χ4v) is 2.33. The highest BCUT2D eigenvalue weighted by Crippen LogP contribution is 2.25. The largest absolute Gasteiger partial charge is 0.360 e. The number of aromatic nitrogens is 3. The number of hydrogen-bond acceptors (Lipinski definition) is 4. The maximum Gasteiger partial charge on any atom is 0.165 e. The number of nitrogens with zero attached hydrogens (tertiary/aromatic N) is 3. The summed E-state index contributed by atoms with van der Waals surface area (Å²) in [5.74, 6) is 0.655. The van der Waals surface area contributed by atoms with Gasteiger partial charge in [0.25, 0.3) is 0 Å². The highest BCUT2D eigenvalue weighted by molar-refractivity contribution is 6.30. The smallest absolute Gasteiger partial charge is 0.165 e. The Kier molecular flexibility index (Phi) is 4.06. The first-order valence-electron chi connectivity index (χ1n) is 7.03. The number of carbonyl (C=O) groups excluding carboxylic acids is 1. The van der Waals surface area contributed by atoms with E-state index in [1.165, 1.54) is 0 Å². The Morgan fingerprint density at radius 2 is 2.09 bits per heavy atom. The molecule has 0 aliphatic carbocycles. The molecule has 0 aliphatic heterocycles. The van der Waals surface area contributed by atoms with Crippen molar-refractivity contribution in [3.8, 4) is 11.1 Å². The van der Waals surface area contributed by atoms with Crippen molar-refractivity contribution in [3.05, 3.63) is 47.7 Å². The Labute approximate surface area is 132 Å². The Bertz CT molecular complexity index is 798. The zero-order chi connectivity index (χ0) is 15.5. The first-order chi connectivity index (χ1) is 10.7. The number of hydrogen-bond donors (Lipinski definition) is 1. The molecule has 0 spiro atoms. The summed E-state index contributed by atoms with van der Waals surface area (Å²) < 4.78 is 1.71. The van der Waals surface area contributed by atoms with Gasteiger partial charge in [-0.25, -0.2) is 9.50 Å². The Morgan fingerprint density at radius 3 is 2.77 bits per heavy atom. The summed E-state index contributed by atoms with van der Waals surface area (Å²) >= 11 is 5.93. The second-order valence-electron chi connectivity index (χ2n) is 4.94. The van der Waals surface area contributed by atoms with Crippen LogP contribution in [0.15, 0.2) is 42.7 Å². The zero-order valence-electron chi connectivity index (χ0n) is 12.0. The van der Waals surface area contributed by atoms with Gasteiger partial charge in [0, 0.05) is 16.8 Å². The molecule has 0 aliphatic rings. The molecule has 0 fully saturated rings. The van der Waals surface area contributed by atoms with Crippen LogP contribution in [0.5, 0.6) is 0 Å². The molecule has 2 aromatic heterocycles. The molecule has 1 aromatic carbocycles. The average molecular weight is 315 g/mol. The second kappa shape index (κ2) is 6.15. The van der Waals surface area contributed by atoms with E-state index in [0.29, 0.717) is 17.3 Å². The predicted molar refractivity (Wildman–Crippen MR) is 87.2 cm³/mol. The van der Waals surface area contributed by atoms with Gasteiger partial charge in [-0.05, 0) is 30.2 Å². The number of fused-ring (bicyclic) bond motifs is 1. The van der Waals surface area contributed by atoms with E-state index in [-0.39, 0.29) is 6.04 Å². The van der Waals surface area contributed by atoms with Crippen LogP contribution in [0.25, 0.3) is 16.8 Å². The van der Waals surface area contributed by atoms with Gasteiger partial charge < -0.3 is 10.1 Å². The van der Waals surface area contributed by atoms with Crippen LogP contribution in [0.2, 0.25) is 5.02 Å². The minimum Gasteiger partial charge on any atom is -0.360 e. The Morgan fingerprint density at radius 1 is 1.32 bits per heavy atom. The van der Waals surface area contributed by atoms with Gasteiger partial charge in [-0.2, -0.15) is 5.10 Å². The Hall–Kier alpha value is -2.40. The standard InChI is InChI=1S/C16H15ClN4O/c1-2-13(10-22)19-15-7-8-21-16(20-15)14(9-18-21)11-3-5-12(17)6-4-11/h3-10,13H,2H2,1H3,(H,19,20). The minimum atomic E-state index is -0.239. The maximum absolute atomic E-state index is 11.0. The van der Waals surface area contributed by atoms with E-state index in [2.05, 4.69) is 15.4 Å².